The number of hydrogen-bond acceptors (Lipinski definition) is 2. The van der Waals surface area contributed by atoms with Gasteiger partial charge in [-0.05, 0) is 42.5 Å². The van der Waals surface area contributed by atoms with Crippen LogP contribution < -0.4 is 0 Å². The van der Waals surface area contributed by atoms with E-state index < -0.39 is 5.60 Å². The van der Waals surface area contributed by atoms with Gasteiger partial charge in [-0.3, -0.25) is 0 Å². The van der Waals surface area contributed by atoms with Gasteiger partial charge in [-0.15, -0.1) is 0 Å². The molecule has 0 aromatic heterocycles. The van der Waals surface area contributed by atoms with Gasteiger partial charge in [0.05, 0.1) is 11.6 Å². The second kappa shape index (κ2) is 2.65. The van der Waals surface area contributed by atoms with E-state index in [4.69, 9.17) is 5.53 Å². The first kappa shape index (κ1) is 9.81. The largest absolute Gasteiger partial charge is 0.390 e. The van der Waals surface area contributed by atoms with Gasteiger partial charge in [-0.2, -0.15) is 0 Å². The Morgan fingerprint density at radius 1 is 1.36 bits per heavy atom. The summed E-state index contributed by atoms with van der Waals surface area (Å²) in [6, 6.07) is -0.240. The van der Waals surface area contributed by atoms with Crippen molar-refractivity contribution in [3.63, 3.8) is 0 Å². The molecule has 4 atom stereocenters. The molecule has 0 amide bonds. The first-order valence-corrected chi connectivity index (χ1v) is 5.16. The Bertz CT molecular complexity index is 304. The average Bonchev–Trinajstić information content (AvgIpc) is 2.54. The summed E-state index contributed by atoms with van der Waals surface area (Å²) in [6.45, 7) is 6.25. The predicted molar refractivity (Wildman–Crippen MR) is 53.6 cm³/mol. The molecule has 0 radical (unpaired) electrons. The van der Waals surface area contributed by atoms with Gasteiger partial charge in [0, 0.05) is 4.91 Å². The molecule has 0 bridgehead atoms. The summed E-state index contributed by atoms with van der Waals surface area (Å²) < 4.78 is 0. The molecule has 14 heavy (non-hydrogen) atoms. The lowest BCUT2D eigenvalue weighted by Gasteiger charge is -2.33. The molecule has 0 saturated heterocycles. The standard InChI is InChI=1S/C10H17N3O/c1-9(2)6-4-8(12-13-11)10(3,14)5-7(6)9/h6-8,14H,4-5H2,1-3H3/t6-,7+,8+,10+/m1/s1. The van der Waals surface area contributed by atoms with Crippen molar-refractivity contribution in [2.75, 3.05) is 0 Å². The number of rotatable bonds is 1. The molecule has 0 unspecified atom stereocenters. The Morgan fingerprint density at radius 2 is 2.00 bits per heavy atom. The highest BCUT2D eigenvalue weighted by Crippen LogP contribution is 2.66. The molecule has 4 nitrogen and oxygen atoms in total. The van der Waals surface area contributed by atoms with Gasteiger partial charge in [0.15, 0.2) is 0 Å². The second-order valence-corrected chi connectivity index (χ2v) is 5.55. The maximum Gasteiger partial charge on any atom is 0.0707 e. The number of azide groups is 1. The van der Waals surface area contributed by atoms with E-state index in [0.29, 0.717) is 17.3 Å². The predicted octanol–water partition coefficient (Wildman–Crippen LogP) is 2.48. The molecule has 0 aromatic rings. The summed E-state index contributed by atoms with van der Waals surface area (Å²) in [4.78, 5) is 2.82. The van der Waals surface area contributed by atoms with Crippen LogP contribution in [0.2, 0.25) is 0 Å². The van der Waals surface area contributed by atoms with Gasteiger partial charge in [-0.1, -0.05) is 19.0 Å². The van der Waals surface area contributed by atoms with Crippen molar-refractivity contribution in [1.29, 1.82) is 0 Å². The molecule has 0 heterocycles. The third-order valence-corrected chi connectivity index (χ3v) is 4.31. The van der Waals surface area contributed by atoms with E-state index >= 15 is 0 Å². The lowest BCUT2D eigenvalue weighted by molar-refractivity contribution is -0.000474. The molecule has 2 aliphatic carbocycles. The monoisotopic (exact) mass is 195 g/mol. The Balaban J connectivity index is 2.19. The molecular formula is C10H17N3O. The third kappa shape index (κ3) is 1.22. The zero-order chi connectivity index (χ0) is 10.6. The second-order valence-electron chi connectivity index (χ2n) is 5.55. The summed E-state index contributed by atoms with van der Waals surface area (Å²) in [6.07, 6.45) is 1.61. The van der Waals surface area contributed by atoms with Crippen LogP contribution in [0.1, 0.15) is 33.6 Å². The smallest absolute Gasteiger partial charge is 0.0707 e. The van der Waals surface area contributed by atoms with Crippen molar-refractivity contribution in [3.8, 4) is 0 Å². The minimum Gasteiger partial charge on any atom is -0.390 e. The van der Waals surface area contributed by atoms with E-state index in [1.54, 1.807) is 6.92 Å². The molecule has 2 aliphatic rings. The fraction of sp³-hybridized carbons (Fsp3) is 1.00. The van der Waals surface area contributed by atoms with Gasteiger partial charge < -0.3 is 5.11 Å². The minimum atomic E-state index is -0.804. The maximum atomic E-state index is 10.1. The Morgan fingerprint density at radius 3 is 2.57 bits per heavy atom. The molecule has 0 aromatic carbocycles. The Hall–Kier alpha value is -0.730. The van der Waals surface area contributed by atoms with Crippen LogP contribution in [0.25, 0.3) is 10.4 Å². The summed E-state index contributed by atoms with van der Waals surface area (Å²) in [5, 5.41) is 13.8. The third-order valence-electron chi connectivity index (χ3n) is 4.31. The van der Waals surface area contributed by atoms with Crippen LogP contribution >= 0.6 is 0 Å². The van der Waals surface area contributed by atoms with Gasteiger partial charge >= 0.3 is 0 Å². The van der Waals surface area contributed by atoms with E-state index in [-0.39, 0.29) is 6.04 Å². The number of fused-ring (bicyclic) bond motifs is 1. The quantitative estimate of drug-likeness (QED) is 0.390. The first-order chi connectivity index (χ1) is 6.39. The fourth-order valence-corrected chi connectivity index (χ4v) is 3.04. The molecule has 0 spiro atoms. The summed E-state index contributed by atoms with van der Waals surface area (Å²) >= 11 is 0. The van der Waals surface area contributed by atoms with Crippen LogP contribution in [0, 0.1) is 17.3 Å². The Labute approximate surface area is 83.9 Å². The number of hydrogen-bond donors (Lipinski definition) is 1. The molecule has 0 aliphatic heterocycles. The maximum absolute atomic E-state index is 10.1. The van der Waals surface area contributed by atoms with E-state index in [0.717, 1.165) is 12.8 Å². The number of nitrogens with zero attached hydrogens (tertiary/aromatic N) is 3. The van der Waals surface area contributed by atoms with Crippen molar-refractivity contribution >= 4 is 0 Å². The molecule has 2 rings (SSSR count). The molecule has 1 N–H and O–H groups in total. The number of aliphatic hydroxyl groups is 1. The van der Waals surface area contributed by atoms with E-state index in [1.807, 2.05) is 0 Å². The molecule has 2 saturated carbocycles. The fourth-order valence-electron chi connectivity index (χ4n) is 3.04. The SMILES string of the molecule is CC1(C)[C@@H]2C[C@H](N=[N+]=[N-])[C@@](C)(O)C[C@@H]21. The van der Waals surface area contributed by atoms with Gasteiger partial charge in [0.1, 0.15) is 0 Å². The summed E-state index contributed by atoms with van der Waals surface area (Å²) in [7, 11) is 0. The highest BCUT2D eigenvalue weighted by Gasteiger charge is 2.63. The zero-order valence-electron chi connectivity index (χ0n) is 8.94. The lowest BCUT2D eigenvalue weighted by atomic mass is 9.82. The van der Waals surface area contributed by atoms with E-state index in [2.05, 4.69) is 23.9 Å². The zero-order valence-corrected chi connectivity index (χ0v) is 8.94. The van der Waals surface area contributed by atoms with Crippen LogP contribution in [-0.2, 0) is 0 Å². The van der Waals surface area contributed by atoms with Crippen LogP contribution in [0.4, 0.5) is 0 Å². The van der Waals surface area contributed by atoms with Crippen molar-refractivity contribution < 1.29 is 5.11 Å². The highest BCUT2D eigenvalue weighted by atomic mass is 16.3. The average molecular weight is 195 g/mol. The van der Waals surface area contributed by atoms with Crippen LogP contribution in [0.5, 0.6) is 0 Å². The topological polar surface area (TPSA) is 69.0 Å². The van der Waals surface area contributed by atoms with Crippen molar-refractivity contribution in [1.82, 2.24) is 0 Å². The van der Waals surface area contributed by atoms with Crippen LogP contribution in [-0.4, -0.2) is 16.7 Å². The molecular weight excluding hydrogens is 178 g/mol. The van der Waals surface area contributed by atoms with E-state index in [9.17, 15) is 5.11 Å². The molecule has 78 valence electrons. The first-order valence-electron chi connectivity index (χ1n) is 5.16. The van der Waals surface area contributed by atoms with Crippen LogP contribution in [0.3, 0.4) is 0 Å². The van der Waals surface area contributed by atoms with Crippen molar-refractivity contribution in [2.24, 2.45) is 22.4 Å². The summed E-state index contributed by atoms with van der Waals surface area (Å²) in [5.41, 5.74) is 7.96. The minimum absolute atomic E-state index is 0.240. The van der Waals surface area contributed by atoms with Crippen LogP contribution in [0.15, 0.2) is 5.11 Å². The van der Waals surface area contributed by atoms with E-state index in [1.165, 1.54) is 0 Å². The lowest BCUT2D eigenvalue weighted by Crippen LogP contribution is -2.41. The van der Waals surface area contributed by atoms with Gasteiger partial charge in [-0.25, -0.2) is 0 Å². The normalized spacial score (nSPS) is 49.0. The Kier molecular flexibility index (Phi) is 1.85. The van der Waals surface area contributed by atoms with Crippen molar-refractivity contribution in [3.05, 3.63) is 10.4 Å². The van der Waals surface area contributed by atoms with Gasteiger partial charge in [0.25, 0.3) is 0 Å². The molecule has 2 fully saturated rings. The highest BCUT2D eigenvalue weighted by molar-refractivity contribution is 5.14. The summed E-state index contributed by atoms with van der Waals surface area (Å²) in [5.74, 6) is 1.25. The van der Waals surface area contributed by atoms with Gasteiger partial charge in [0.2, 0.25) is 0 Å². The van der Waals surface area contributed by atoms with Crippen molar-refractivity contribution in [2.45, 2.75) is 45.3 Å². The molecule has 4 heteroatoms.